The third kappa shape index (κ3) is 2.83. The summed E-state index contributed by atoms with van der Waals surface area (Å²) in [6.45, 7) is 3.63. The van der Waals surface area contributed by atoms with Crippen LogP contribution in [0.15, 0.2) is 22.2 Å². The molecular weight excluding hydrogens is 408 g/mol. The zero-order valence-electron chi connectivity index (χ0n) is 14.9. The molecule has 3 rings (SSSR count). The van der Waals surface area contributed by atoms with Gasteiger partial charge in [-0.15, -0.1) is 0 Å². The van der Waals surface area contributed by atoms with Crippen molar-refractivity contribution in [3.05, 3.63) is 50.1 Å². The lowest BCUT2D eigenvalue weighted by Crippen LogP contribution is -2.03. The summed E-state index contributed by atoms with van der Waals surface area (Å²) in [7, 11) is 1.47. The Hall–Kier alpha value is -3.29. The minimum Gasteiger partial charge on any atom is -0.503 e. The maximum atomic E-state index is 10.0. The Balaban J connectivity index is 2.33. The summed E-state index contributed by atoms with van der Waals surface area (Å²) >= 11 is 3.31. The number of benzene rings is 1. The number of nitrogens with zero attached hydrogens (tertiary/aromatic N) is 3. The number of nitrogen functional groups attached to an aromatic ring is 1. The number of anilines is 1. The smallest absolute Gasteiger partial charge is 0.172 e. The molecule has 0 aliphatic heterocycles. The average Bonchev–Trinajstić information content (AvgIpc) is 2.89. The number of rotatable bonds is 2. The fraction of sp³-hybridized carbons (Fsp3) is 0.150. The predicted octanol–water partition coefficient (Wildman–Crippen LogP) is 4.17. The number of pyridine rings is 1. The van der Waals surface area contributed by atoms with Crippen molar-refractivity contribution < 1.29 is 9.84 Å². The lowest BCUT2D eigenvalue weighted by molar-refractivity contribution is 0.372. The molecule has 2 aromatic rings. The summed E-state index contributed by atoms with van der Waals surface area (Å²) in [6, 6.07) is 7.70. The summed E-state index contributed by atoms with van der Waals surface area (Å²) in [6.07, 6.45) is 1.87. The monoisotopic (exact) mass is 422 g/mol. The molecule has 0 saturated heterocycles. The molecule has 0 bridgehead atoms. The van der Waals surface area contributed by atoms with Gasteiger partial charge in [-0.25, -0.2) is 4.98 Å². The van der Waals surface area contributed by atoms with Crippen molar-refractivity contribution in [2.75, 3.05) is 12.8 Å². The lowest BCUT2D eigenvalue weighted by Gasteiger charge is -2.12. The zero-order valence-corrected chi connectivity index (χ0v) is 16.5. The molecule has 27 heavy (non-hydrogen) atoms. The highest BCUT2D eigenvalue weighted by Gasteiger charge is 2.29. The van der Waals surface area contributed by atoms with Gasteiger partial charge < -0.3 is 15.6 Å². The van der Waals surface area contributed by atoms with E-state index in [1.807, 2.05) is 13.0 Å². The van der Waals surface area contributed by atoms with E-state index in [9.17, 15) is 15.6 Å². The molecule has 0 amide bonds. The highest BCUT2D eigenvalue weighted by molar-refractivity contribution is 9.10. The first-order chi connectivity index (χ1) is 12.8. The summed E-state index contributed by atoms with van der Waals surface area (Å²) < 4.78 is 5.69. The second-order valence-corrected chi connectivity index (χ2v) is 6.91. The van der Waals surface area contributed by atoms with Gasteiger partial charge in [-0.05, 0) is 70.3 Å². The van der Waals surface area contributed by atoms with Gasteiger partial charge in [0.25, 0.3) is 0 Å². The summed E-state index contributed by atoms with van der Waals surface area (Å²) in [4.78, 5) is 4.31. The largest absolute Gasteiger partial charge is 0.503 e. The van der Waals surface area contributed by atoms with Crippen molar-refractivity contribution >= 4 is 39.0 Å². The number of allylic oxidation sites excluding steroid dienone is 3. The van der Waals surface area contributed by atoms with Crippen LogP contribution in [0.4, 0.5) is 5.82 Å². The van der Waals surface area contributed by atoms with Gasteiger partial charge in [-0.3, -0.25) is 0 Å². The first kappa shape index (κ1) is 18.5. The summed E-state index contributed by atoms with van der Waals surface area (Å²) in [5.74, 6) is 0.444. The molecule has 1 aromatic carbocycles. The van der Waals surface area contributed by atoms with E-state index in [0.29, 0.717) is 32.6 Å². The Morgan fingerprint density at radius 3 is 2.56 bits per heavy atom. The number of methoxy groups -OCH3 is 1. The number of phenolic OH excluding ortho intramolecular Hbond substituents is 1. The molecule has 1 aliphatic carbocycles. The number of nitriles is 2. The van der Waals surface area contributed by atoms with E-state index < -0.39 is 0 Å². The van der Waals surface area contributed by atoms with Gasteiger partial charge >= 0.3 is 0 Å². The number of ether oxygens (including phenoxy) is 1. The van der Waals surface area contributed by atoms with Crippen molar-refractivity contribution in [3.8, 4) is 23.6 Å². The first-order valence-corrected chi connectivity index (χ1v) is 8.73. The number of nitrogens with two attached hydrogens (primary N) is 1. The molecular formula is C20H15BrN4O2. The molecule has 0 fully saturated rings. The third-order valence-corrected chi connectivity index (χ3v) is 5.17. The second-order valence-electron chi connectivity index (χ2n) is 6.06. The van der Waals surface area contributed by atoms with Crippen LogP contribution in [0.5, 0.6) is 11.5 Å². The lowest BCUT2D eigenvalue weighted by atomic mass is 9.95. The molecule has 3 N–H and O–H groups in total. The molecule has 0 spiro atoms. The molecule has 7 heteroatoms. The number of hydrogen-bond acceptors (Lipinski definition) is 6. The first-order valence-electron chi connectivity index (χ1n) is 7.94. The molecule has 134 valence electrons. The molecule has 1 heterocycles. The molecule has 1 aromatic heterocycles. The highest BCUT2D eigenvalue weighted by Crippen LogP contribution is 2.45. The Morgan fingerprint density at radius 1 is 1.26 bits per heavy atom. The van der Waals surface area contributed by atoms with Crippen molar-refractivity contribution in [2.24, 2.45) is 0 Å². The molecule has 0 saturated carbocycles. The van der Waals surface area contributed by atoms with Gasteiger partial charge in [0.2, 0.25) is 0 Å². The number of aromatic nitrogens is 1. The van der Waals surface area contributed by atoms with Crippen LogP contribution in [0.25, 0.3) is 17.2 Å². The zero-order chi connectivity index (χ0) is 19.9. The van der Waals surface area contributed by atoms with Gasteiger partial charge in [-0.2, -0.15) is 10.5 Å². The molecule has 0 radical (unpaired) electrons. The maximum Gasteiger partial charge on any atom is 0.172 e. The van der Waals surface area contributed by atoms with Gasteiger partial charge in [0.15, 0.2) is 11.5 Å². The normalized spacial score (nSPS) is 14.1. The highest BCUT2D eigenvalue weighted by atomic mass is 79.9. The molecule has 1 aliphatic rings. The van der Waals surface area contributed by atoms with E-state index >= 15 is 0 Å². The Kier molecular flexibility index (Phi) is 4.65. The number of hydrogen-bond donors (Lipinski definition) is 2. The SMILES string of the molecule is COc1cc(/C=C2\C(C)=C(C#N)c3nc(N)c(C#N)c(C)c32)cc(Br)c1O. The summed E-state index contributed by atoms with van der Waals surface area (Å²) in [5.41, 5.74) is 10.8. The van der Waals surface area contributed by atoms with Crippen LogP contribution < -0.4 is 10.5 Å². The summed E-state index contributed by atoms with van der Waals surface area (Å²) in [5, 5.41) is 29.0. The van der Waals surface area contributed by atoms with Gasteiger partial charge in [0, 0.05) is 5.56 Å². The van der Waals surface area contributed by atoms with E-state index in [2.05, 4.69) is 33.1 Å². The van der Waals surface area contributed by atoms with Gasteiger partial charge in [-0.1, -0.05) is 0 Å². The van der Waals surface area contributed by atoms with Crippen molar-refractivity contribution in [3.63, 3.8) is 0 Å². The number of fused-ring (bicyclic) bond motifs is 1. The average molecular weight is 423 g/mol. The van der Waals surface area contributed by atoms with Crippen LogP contribution >= 0.6 is 15.9 Å². The number of halogens is 1. The van der Waals surface area contributed by atoms with E-state index in [0.717, 1.165) is 22.3 Å². The van der Waals surface area contributed by atoms with E-state index in [-0.39, 0.29) is 11.6 Å². The standard InChI is InChI=1S/C20H15BrN4O2/c1-9-12(4-11-5-15(21)19(26)16(6-11)27-3)17-10(2)14(8-23)20(24)25-18(17)13(9)7-22/h4-6,26H,1-3H3,(H2,24,25)/b12-4+. The van der Waals surface area contributed by atoms with Crippen LogP contribution in [0.3, 0.4) is 0 Å². The van der Waals surface area contributed by atoms with E-state index in [4.69, 9.17) is 10.5 Å². The van der Waals surface area contributed by atoms with Crippen molar-refractivity contribution in [2.45, 2.75) is 13.8 Å². The van der Waals surface area contributed by atoms with Crippen molar-refractivity contribution in [1.29, 1.82) is 10.5 Å². The van der Waals surface area contributed by atoms with Crippen molar-refractivity contribution in [1.82, 2.24) is 4.98 Å². The second kappa shape index (κ2) is 6.79. The van der Waals surface area contributed by atoms with Gasteiger partial charge in [0.05, 0.1) is 28.4 Å². The van der Waals surface area contributed by atoms with Crippen LogP contribution in [-0.4, -0.2) is 17.2 Å². The topological polar surface area (TPSA) is 116 Å². The molecule has 0 unspecified atom stereocenters. The predicted molar refractivity (Wildman–Crippen MR) is 107 cm³/mol. The quantitative estimate of drug-likeness (QED) is 0.749. The fourth-order valence-electron chi connectivity index (χ4n) is 3.19. The van der Waals surface area contributed by atoms with Crippen LogP contribution in [0.2, 0.25) is 0 Å². The Labute approximate surface area is 165 Å². The fourth-order valence-corrected chi connectivity index (χ4v) is 3.65. The third-order valence-electron chi connectivity index (χ3n) is 4.57. The van der Waals surface area contributed by atoms with E-state index in [1.54, 1.807) is 19.1 Å². The Bertz CT molecular complexity index is 1130. The minimum absolute atomic E-state index is 0.00818. The number of aromatic hydroxyl groups is 1. The molecule has 0 atom stereocenters. The van der Waals surface area contributed by atoms with Crippen LogP contribution in [0, 0.1) is 29.6 Å². The minimum atomic E-state index is 0.00818. The van der Waals surface area contributed by atoms with Gasteiger partial charge in [0.1, 0.15) is 18.0 Å². The number of phenols is 1. The van der Waals surface area contributed by atoms with Crippen LogP contribution in [0.1, 0.15) is 34.9 Å². The van der Waals surface area contributed by atoms with Crippen LogP contribution in [-0.2, 0) is 0 Å². The van der Waals surface area contributed by atoms with E-state index in [1.165, 1.54) is 7.11 Å². The Morgan fingerprint density at radius 2 is 1.96 bits per heavy atom. The maximum absolute atomic E-state index is 10.0. The molecule has 6 nitrogen and oxygen atoms in total.